The molecule has 4 nitrogen and oxygen atoms in total. The highest BCUT2D eigenvalue weighted by atomic mass is 16.6. The van der Waals surface area contributed by atoms with Gasteiger partial charge in [-0.15, -0.1) is 0 Å². The Kier molecular flexibility index (Phi) is 3.37. The van der Waals surface area contributed by atoms with E-state index in [1.165, 1.54) is 12.8 Å². The Morgan fingerprint density at radius 3 is 2.68 bits per heavy atom. The number of rotatable bonds is 5. The predicted octanol–water partition coefficient (Wildman–Crippen LogP) is 1.66. The third kappa shape index (κ3) is 2.69. The van der Waals surface area contributed by atoms with Crippen molar-refractivity contribution in [3.63, 3.8) is 0 Å². The zero-order valence-electron chi connectivity index (χ0n) is 11.3. The van der Waals surface area contributed by atoms with Crippen molar-refractivity contribution in [1.29, 1.82) is 0 Å². The van der Waals surface area contributed by atoms with Gasteiger partial charge in [-0.3, -0.25) is 0 Å². The second-order valence-corrected chi connectivity index (χ2v) is 5.67. The van der Waals surface area contributed by atoms with E-state index in [0.29, 0.717) is 13.2 Å². The molecule has 2 N–H and O–H groups in total. The van der Waals surface area contributed by atoms with Crippen LogP contribution < -0.4 is 14.8 Å². The summed E-state index contributed by atoms with van der Waals surface area (Å²) in [7, 11) is 0. The second-order valence-electron chi connectivity index (χ2n) is 5.67. The van der Waals surface area contributed by atoms with E-state index in [1.54, 1.807) is 0 Å². The first-order valence-electron chi connectivity index (χ1n) is 6.97. The molecule has 3 rings (SSSR count). The van der Waals surface area contributed by atoms with E-state index in [1.807, 2.05) is 25.1 Å². The van der Waals surface area contributed by atoms with Crippen LogP contribution in [-0.2, 0) is 5.54 Å². The Morgan fingerprint density at radius 2 is 2.00 bits per heavy atom. The lowest BCUT2D eigenvalue weighted by atomic mass is 9.92. The Labute approximate surface area is 113 Å². The van der Waals surface area contributed by atoms with Crippen molar-refractivity contribution >= 4 is 0 Å². The summed E-state index contributed by atoms with van der Waals surface area (Å²) in [4.78, 5) is 0. The quantitative estimate of drug-likeness (QED) is 0.848. The summed E-state index contributed by atoms with van der Waals surface area (Å²) in [5.41, 5.74) is 0.623. The maximum absolute atomic E-state index is 9.74. The van der Waals surface area contributed by atoms with Crippen molar-refractivity contribution < 1.29 is 14.6 Å². The average Bonchev–Trinajstić information content (AvgIpc) is 3.28. The van der Waals surface area contributed by atoms with Crippen molar-refractivity contribution in [2.24, 2.45) is 5.92 Å². The lowest BCUT2D eigenvalue weighted by molar-refractivity contribution is 0.164. The average molecular weight is 263 g/mol. The van der Waals surface area contributed by atoms with Crippen LogP contribution in [0.2, 0.25) is 0 Å². The summed E-state index contributed by atoms with van der Waals surface area (Å²) in [6.07, 6.45) is 2.60. The molecule has 1 saturated carbocycles. The highest BCUT2D eigenvalue weighted by molar-refractivity contribution is 5.45. The molecule has 1 aliphatic carbocycles. The Bertz CT molecular complexity index is 459. The van der Waals surface area contributed by atoms with E-state index < -0.39 is 5.54 Å². The molecule has 1 atom stereocenters. The first kappa shape index (κ1) is 12.8. The molecule has 1 fully saturated rings. The van der Waals surface area contributed by atoms with Gasteiger partial charge in [0, 0.05) is 0 Å². The van der Waals surface area contributed by atoms with Gasteiger partial charge in [-0.2, -0.15) is 0 Å². The van der Waals surface area contributed by atoms with Gasteiger partial charge >= 0.3 is 0 Å². The fourth-order valence-corrected chi connectivity index (χ4v) is 2.33. The van der Waals surface area contributed by atoms with Gasteiger partial charge in [-0.1, -0.05) is 6.07 Å². The lowest BCUT2D eigenvalue weighted by Gasteiger charge is -2.31. The largest absolute Gasteiger partial charge is 0.486 e. The number of ether oxygens (including phenoxy) is 2. The smallest absolute Gasteiger partial charge is 0.161 e. The number of benzene rings is 1. The van der Waals surface area contributed by atoms with Crippen LogP contribution in [0.5, 0.6) is 11.5 Å². The van der Waals surface area contributed by atoms with E-state index in [-0.39, 0.29) is 6.61 Å². The molecule has 2 aliphatic rings. The molecule has 1 aromatic rings. The number of aliphatic hydroxyl groups is 1. The van der Waals surface area contributed by atoms with Crippen LogP contribution in [0, 0.1) is 5.92 Å². The summed E-state index contributed by atoms with van der Waals surface area (Å²) in [5.74, 6) is 2.34. The van der Waals surface area contributed by atoms with Gasteiger partial charge in [-0.05, 0) is 49.9 Å². The molecule has 19 heavy (non-hydrogen) atoms. The predicted molar refractivity (Wildman–Crippen MR) is 72.6 cm³/mol. The summed E-state index contributed by atoms with van der Waals surface area (Å²) in [5, 5.41) is 13.2. The van der Waals surface area contributed by atoms with Gasteiger partial charge < -0.3 is 19.9 Å². The molecular formula is C15H21NO3. The minimum atomic E-state index is -0.418. The van der Waals surface area contributed by atoms with Crippen molar-refractivity contribution in [1.82, 2.24) is 5.32 Å². The van der Waals surface area contributed by atoms with Gasteiger partial charge in [0.1, 0.15) is 13.2 Å². The zero-order valence-corrected chi connectivity index (χ0v) is 11.3. The summed E-state index contributed by atoms with van der Waals surface area (Å²) >= 11 is 0. The third-order valence-corrected chi connectivity index (χ3v) is 3.97. The van der Waals surface area contributed by atoms with Gasteiger partial charge in [0.25, 0.3) is 0 Å². The summed E-state index contributed by atoms with van der Waals surface area (Å²) in [6, 6.07) is 5.91. The highest BCUT2D eigenvalue weighted by Crippen LogP contribution is 2.35. The fourth-order valence-electron chi connectivity index (χ4n) is 2.33. The number of nitrogens with one attached hydrogen (secondary N) is 1. The van der Waals surface area contributed by atoms with E-state index in [9.17, 15) is 5.11 Å². The highest BCUT2D eigenvalue weighted by Gasteiger charge is 2.30. The minimum Gasteiger partial charge on any atom is -0.486 e. The number of hydrogen-bond donors (Lipinski definition) is 2. The molecule has 4 heteroatoms. The SMILES string of the molecule is CC(CO)(NCC1CC1)c1ccc2c(c1)OCCO2. The van der Waals surface area contributed by atoms with Crippen LogP contribution in [0.15, 0.2) is 18.2 Å². The van der Waals surface area contributed by atoms with Crippen LogP contribution in [0.1, 0.15) is 25.3 Å². The first-order valence-corrected chi connectivity index (χ1v) is 6.97. The Hall–Kier alpha value is -1.26. The minimum absolute atomic E-state index is 0.0688. The molecule has 0 aromatic heterocycles. The summed E-state index contributed by atoms with van der Waals surface area (Å²) in [6.45, 7) is 4.25. The molecule has 104 valence electrons. The van der Waals surface area contributed by atoms with Crippen LogP contribution in [0.25, 0.3) is 0 Å². The molecule has 0 amide bonds. The van der Waals surface area contributed by atoms with Gasteiger partial charge in [-0.25, -0.2) is 0 Å². The van der Waals surface area contributed by atoms with Crippen LogP contribution in [0.3, 0.4) is 0 Å². The van der Waals surface area contributed by atoms with Gasteiger partial charge in [0.05, 0.1) is 12.1 Å². The number of aliphatic hydroxyl groups excluding tert-OH is 1. The van der Waals surface area contributed by atoms with Crippen molar-refractivity contribution in [2.45, 2.75) is 25.3 Å². The monoisotopic (exact) mass is 263 g/mol. The topological polar surface area (TPSA) is 50.7 Å². The fraction of sp³-hybridized carbons (Fsp3) is 0.600. The lowest BCUT2D eigenvalue weighted by Crippen LogP contribution is -2.44. The zero-order chi connectivity index (χ0) is 13.3. The van der Waals surface area contributed by atoms with E-state index in [4.69, 9.17) is 9.47 Å². The molecule has 0 bridgehead atoms. The first-order chi connectivity index (χ1) is 9.21. The Morgan fingerprint density at radius 1 is 1.26 bits per heavy atom. The summed E-state index contributed by atoms with van der Waals surface area (Å²) < 4.78 is 11.1. The number of fused-ring (bicyclic) bond motifs is 1. The van der Waals surface area contributed by atoms with E-state index in [0.717, 1.165) is 29.5 Å². The molecule has 0 spiro atoms. The van der Waals surface area contributed by atoms with E-state index in [2.05, 4.69) is 5.32 Å². The Balaban J connectivity index is 1.80. The molecule has 0 radical (unpaired) electrons. The van der Waals surface area contributed by atoms with Crippen molar-refractivity contribution in [3.05, 3.63) is 23.8 Å². The standard InChI is InChI=1S/C15H21NO3/c1-15(10-17,16-9-11-2-3-11)12-4-5-13-14(8-12)19-7-6-18-13/h4-5,8,11,16-17H,2-3,6-7,9-10H2,1H3. The van der Waals surface area contributed by atoms with Crippen LogP contribution in [0.4, 0.5) is 0 Å². The third-order valence-electron chi connectivity index (χ3n) is 3.97. The maximum Gasteiger partial charge on any atom is 0.161 e. The molecule has 1 aliphatic heterocycles. The van der Waals surface area contributed by atoms with Gasteiger partial charge in [0.15, 0.2) is 11.5 Å². The van der Waals surface area contributed by atoms with Crippen molar-refractivity contribution in [2.75, 3.05) is 26.4 Å². The normalized spacial score (nSPS) is 20.9. The molecular weight excluding hydrogens is 242 g/mol. The maximum atomic E-state index is 9.74. The number of hydrogen-bond acceptors (Lipinski definition) is 4. The van der Waals surface area contributed by atoms with E-state index >= 15 is 0 Å². The molecule has 1 heterocycles. The van der Waals surface area contributed by atoms with Crippen LogP contribution >= 0.6 is 0 Å². The molecule has 1 aromatic carbocycles. The van der Waals surface area contributed by atoms with Crippen molar-refractivity contribution in [3.8, 4) is 11.5 Å². The molecule has 1 unspecified atom stereocenters. The van der Waals surface area contributed by atoms with Crippen LogP contribution in [-0.4, -0.2) is 31.5 Å². The molecule has 0 saturated heterocycles. The van der Waals surface area contributed by atoms with Gasteiger partial charge in [0.2, 0.25) is 0 Å². The second kappa shape index (κ2) is 5.02.